The average Bonchev–Trinajstić information content (AvgIpc) is 3.37. The molecule has 212 valence electrons. The van der Waals surface area contributed by atoms with Gasteiger partial charge in [-0.1, -0.05) is 45.5 Å². The van der Waals surface area contributed by atoms with Gasteiger partial charge in [0.05, 0.1) is 20.8 Å². The lowest BCUT2D eigenvalue weighted by Crippen LogP contribution is -2.48. The summed E-state index contributed by atoms with van der Waals surface area (Å²) in [5.41, 5.74) is 2.06. The second kappa shape index (κ2) is 13.3. The zero-order valence-electron chi connectivity index (χ0n) is 22.0. The highest BCUT2D eigenvalue weighted by Crippen LogP contribution is 2.31. The monoisotopic (exact) mass is 663 g/mol. The number of carbonyl (C=O) groups excluding carboxylic acids is 1. The Morgan fingerprint density at radius 2 is 1.73 bits per heavy atom. The maximum Gasteiger partial charge on any atom is 0.264 e. The second-order valence-electron chi connectivity index (χ2n) is 9.22. The van der Waals surface area contributed by atoms with E-state index in [0.29, 0.717) is 24.3 Å². The van der Waals surface area contributed by atoms with Gasteiger partial charge >= 0.3 is 0 Å². The molecule has 40 heavy (non-hydrogen) atoms. The molecule has 12 heteroatoms. The molecule has 0 aliphatic carbocycles. The van der Waals surface area contributed by atoms with Gasteiger partial charge in [-0.05, 0) is 61.5 Å². The van der Waals surface area contributed by atoms with Crippen LogP contribution >= 0.6 is 39.7 Å². The maximum atomic E-state index is 13.2. The number of anilines is 2. The minimum atomic E-state index is -3.73. The summed E-state index contributed by atoms with van der Waals surface area (Å²) in [6, 6.07) is 21.3. The molecule has 0 atom stereocenters. The molecular weight excluding hydrogens is 634 g/mol. The zero-order valence-corrected chi connectivity index (χ0v) is 26.0. The van der Waals surface area contributed by atoms with Crippen LogP contribution in [0.4, 0.5) is 10.8 Å². The van der Waals surface area contributed by atoms with E-state index in [4.69, 9.17) is 4.98 Å². The quantitative estimate of drug-likeness (QED) is 0.263. The van der Waals surface area contributed by atoms with E-state index < -0.39 is 10.0 Å². The van der Waals surface area contributed by atoms with Crippen molar-refractivity contribution in [1.29, 1.82) is 0 Å². The van der Waals surface area contributed by atoms with Crippen molar-refractivity contribution in [2.24, 2.45) is 0 Å². The Hall–Kier alpha value is -2.70. The Labute approximate surface area is 253 Å². The third kappa shape index (κ3) is 6.77. The molecule has 1 fully saturated rings. The molecule has 4 aromatic rings. The number of fused-ring (bicyclic) bond motifs is 1. The van der Waals surface area contributed by atoms with E-state index in [1.54, 1.807) is 42.5 Å². The number of thiazole rings is 1. The van der Waals surface area contributed by atoms with Crippen molar-refractivity contribution in [1.82, 2.24) is 15.2 Å². The molecule has 1 saturated heterocycles. The summed E-state index contributed by atoms with van der Waals surface area (Å²) < 4.78 is 29.9. The average molecular weight is 665 g/mol. The third-order valence-corrected chi connectivity index (χ3v) is 10.2. The summed E-state index contributed by atoms with van der Waals surface area (Å²) in [4.78, 5) is 22.3. The van der Waals surface area contributed by atoms with Gasteiger partial charge in [-0.15, -0.1) is 12.4 Å². The van der Waals surface area contributed by atoms with E-state index >= 15 is 0 Å². The van der Waals surface area contributed by atoms with Crippen molar-refractivity contribution in [3.05, 3.63) is 82.8 Å². The van der Waals surface area contributed by atoms with Crippen molar-refractivity contribution in [2.75, 3.05) is 55.0 Å². The fourth-order valence-electron chi connectivity index (χ4n) is 4.61. The minimum absolute atomic E-state index is 0. The Kier molecular flexibility index (Phi) is 10.1. The topological polar surface area (TPSA) is 85.8 Å². The highest BCUT2D eigenvalue weighted by Gasteiger charge is 2.24. The number of benzene rings is 3. The van der Waals surface area contributed by atoms with Crippen molar-refractivity contribution in [3.8, 4) is 0 Å². The number of amides is 1. The van der Waals surface area contributed by atoms with Crippen LogP contribution in [-0.2, 0) is 10.0 Å². The lowest BCUT2D eigenvalue weighted by atomic mass is 10.2. The van der Waals surface area contributed by atoms with Crippen LogP contribution in [0.1, 0.15) is 17.3 Å². The number of carbonyl (C=O) groups is 1. The van der Waals surface area contributed by atoms with Gasteiger partial charge in [-0.25, -0.2) is 13.4 Å². The lowest BCUT2D eigenvalue weighted by Gasteiger charge is -2.34. The molecule has 0 spiro atoms. The van der Waals surface area contributed by atoms with Crippen LogP contribution in [0.15, 0.2) is 82.2 Å². The number of halogens is 2. The number of aromatic nitrogens is 1. The predicted molar refractivity (Wildman–Crippen MR) is 169 cm³/mol. The molecule has 1 aliphatic rings. The van der Waals surface area contributed by atoms with Gasteiger partial charge < -0.3 is 10.2 Å². The van der Waals surface area contributed by atoms with Crippen molar-refractivity contribution in [3.63, 3.8) is 0 Å². The van der Waals surface area contributed by atoms with E-state index in [1.165, 1.54) is 21.1 Å². The SMILES string of the molecule is CCN(c1ccccc1)S(=O)(=O)c1ccc(C(=O)NCCN2CCN(c3nc4ccc(Br)cc4s3)CC2)cc1.Cl. The number of hydrogen-bond acceptors (Lipinski definition) is 7. The molecule has 1 N–H and O–H groups in total. The molecule has 1 amide bonds. The number of rotatable bonds is 9. The van der Waals surface area contributed by atoms with E-state index in [0.717, 1.165) is 47.8 Å². The molecule has 0 radical (unpaired) electrons. The Morgan fingerprint density at radius 3 is 2.40 bits per heavy atom. The number of hydrogen-bond donors (Lipinski definition) is 1. The summed E-state index contributed by atoms with van der Waals surface area (Å²) in [5, 5.41) is 4.01. The summed E-state index contributed by atoms with van der Waals surface area (Å²) >= 11 is 5.24. The number of nitrogens with one attached hydrogen (secondary N) is 1. The highest BCUT2D eigenvalue weighted by molar-refractivity contribution is 9.10. The summed E-state index contributed by atoms with van der Waals surface area (Å²) in [5.74, 6) is -0.214. The third-order valence-electron chi connectivity index (χ3n) is 6.73. The first-order valence-corrected chi connectivity index (χ1v) is 15.9. The van der Waals surface area contributed by atoms with Gasteiger partial charge in [-0.2, -0.15) is 0 Å². The van der Waals surface area contributed by atoms with E-state index in [-0.39, 0.29) is 23.2 Å². The number of piperazine rings is 1. The first kappa shape index (κ1) is 30.3. The van der Waals surface area contributed by atoms with Crippen LogP contribution in [0.3, 0.4) is 0 Å². The van der Waals surface area contributed by atoms with Crippen molar-refractivity contribution < 1.29 is 13.2 Å². The molecule has 8 nitrogen and oxygen atoms in total. The predicted octanol–water partition coefficient (Wildman–Crippen LogP) is 5.25. The minimum Gasteiger partial charge on any atom is -0.351 e. The van der Waals surface area contributed by atoms with Crippen molar-refractivity contribution >= 4 is 76.6 Å². The fraction of sp³-hybridized carbons (Fsp3) is 0.286. The van der Waals surface area contributed by atoms with Gasteiger partial charge in [0.2, 0.25) is 0 Å². The van der Waals surface area contributed by atoms with Crippen LogP contribution in [0.25, 0.3) is 10.2 Å². The van der Waals surface area contributed by atoms with Crippen LogP contribution in [-0.4, -0.2) is 70.0 Å². The summed E-state index contributed by atoms with van der Waals surface area (Å²) in [7, 11) is -3.73. The molecule has 1 aliphatic heterocycles. The number of sulfonamides is 1. The molecule has 1 aromatic heterocycles. The first-order valence-electron chi connectivity index (χ1n) is 12.8. The van der Waals surface area contributed by atoms with Gasteiger partial charge in [0, 0.05) is 55.8 Å². The molecule has 0 bridgehead atoms. The molecule has 0 unspecified atom stereocenters. The molecular formula is C28H31BrClN5O3S2. The van der Waals surface area contributed by atoms with Gasteiger partial charge in [0.1, 0.15) is 0 Å². The van der Waals surface area contributed by atoms with Gasteiger partial charge in [-0.3, -0.25) is 14.0 Å². The largest absolute Gasteiger partial charge is 0.351 e. The molecule has 0 saturated carbocycles. The second-order valence-corrected chi connectivity index (χ2v) is 13.0. The number of para-hydroxylation sites is 1. The number of nitrogens with zero attached hydrogens (tertiary/aromatic N) is 4. The first-order chi connectivity index (χ1) is 18.8. The van der Waals surface area contributed by atoms with Crippen LogP contribution in [0.5, 0.6) is 0 Å². The molecule has 2 heterocycles. The van der Waals surface area contributed by atoms with E-state index in [9.17, 15) is 13.2 Å². The summed E-state index contributed by atoms with van der Waals surface area (Å²) in [6.45, 7) is 6.96. The Balaban J connectivity index is 0.00000370. The smallest absolute Gasteiger partial charge is 0.264 e. The van der Waals surface area contributed by atoms with Crippen LogP contribution < -0.4 is 14.5 Å². The zero-order chi connectivity index (χ0) is 27.4. The van der Waals surface area contributed by atoms with Crippen LogP contribution in [0.2, 0.25) is 0 Å². The van der Waals surface area contributed by atoms with Gasteiger partial charge in [0.15, 0.2) is 5.13 Å². The fourth-order valence-corrected chi connectivity index (χ4v) is 7.65. The Morgan fingerprint density at radius 1 is 1.02 bits per heavy atom. The highest BCUT2D eigenvalue weighted by atomic mass is 79.9. The summed E-state index contributed by atoms with van der Waals surface area (Å²) in [6.07, 6.45) is 0. The standard InChI is InChI=1S/C28H30BrN5O3S2.ClH/c1-2-34(23-6-4-3-5-7-23)39(36,37)24-11-8-21(9-12-24)27(35)30-14-15-32-16-18-33(19-17-32)28-31-25-13-10-22(29)20-26(25)38-28;/h3-13,20H,2,14-19H2,1H3,(H,30,35);1H. The molecule has 5 rings (SSSR count). The van der Waals surface area contributed by atoms with E-state index in [2.05, 4.69) is 37.1 Å². The van der Waals surface area contributed by atoms with Crippen molar-refractivity contribution in [2.45, 2.75) is 11.8 Å². The molecule has 3 aromatic carbocycles. The van der Waals surface area contributed by atoms with Crippen LogP contribution in [0, 0.1) is 0 Å². The normalized spacial score (nSPS) is 14.1. The van der Waals surface area contributed by atoms with Gasteiger partial charge in [0.25, 0.3) is 15.9 Å². The van der Waals surface area contributed by atoms with E-state index in [1.807, 2.05) is 30.3 Å². The lowest BCUT2D eigenvalue weighted by molar-refractivity contribution is 0.0947. The Bertz CT molecular complexity index is 1540. The maximum absolute atomic E-state index is 13.2.